The highest BCUT2D eigenvalue weighted by molar-refractivity contribution is 6.00. The molecule has 1 aliphatic carbocycles. The van der Waals surface area contributed by atoms with Gasteiger partial charge in [-0.1, -0.05) is 6.07 Å². The van der Waals surface area contributed by atoms with Gasteiger partial charge in [0.25, 0.3) is 0 Å². The minimum Gasteiger partial charge on any atom is -0.493 e. The molecule has 4 N–H and O–H groups in total. The number of nitrogens with zero attached hydrogens (tertiary/aromatic N) is 3. The van der Waals surface area contributed by atoms with Gasteiger partial charge in [-0.05, 0) is 61.4 Å². The predicted molar refractivity (Wildman–Crippen MR) is 102 cm³/mol. The number of nitrogens with two attached hydrogens (primary N) is 2. The number of hydrogen-bond acceptors (Lipinski definition) is 5. The molecule has 3 aromatic rings. The van der Waals surface area contributed by atoms with Crippen LogP contribution in [-0.2, 0) is 6.42 Å². The predicted octanol–water partition coefficient (Wildman–Crippen LogP) is 2.92. The summed E-state index contributed by atoms with van der Waals surface area (Å²) >= 11 is 0. The fourth-order valence-corrected chi connectivity index (χ4v) is 4.25. The van der Waals surface area contributed by atoms with Gasteiger partial charge in [0.05, 0.1) is 12.0 Å². The van der Waals surface area contributed by atoms with Crippen molar-refractivity contribution in [3.63, 3.8) is 0 Å². The summed E-state index contributed by atoms with van der Waals surface area (Å²) in [6, 6.07) is 6.85. The molecular formula is C20H23N5O. The molecule has 1 aliphatic heterocycles. The molecule has 134 valence electrons. The van der Waals surface area contributed by atoms with Crippen molar-refractivity contribution in [3.05, 3.63) is 36.3 Å². The van der Waals surface area contributed by atoms with E-state index >= 15 is 0 Å². The van der Waals surface area contributed by atoms with E-state index in [0.29, 0.717) is 17.8 Å². The molecule has 1 aromatic carbocycles. The number of anilines is 1. The standard InChI is InChI=1S/C20H23N5O/c21-9-12-6-15(7-12)25-10-16(18-19(22)23-11-24-20(18)25)13-3-4-17-14(8-13)2-1-5-26-17/h3-4,8,10-12,15H,1-2,5-7,9,21H2,(H2,22,23,24). The number of aryl methyl sites for hydroxylation is 1. The average Bonchev–Trinajstić information content (AvgIpc) is 3.01. The Hall–Kier alpha value is -2.60. The van der Waals surface area contributed by atoms with E-state index in [9.17, 15) is 0 Å². The normalized spacial score (nSPS) is 21.9. The van der Waals surface area contributed by atoms with Crippen molar-refractivity contribution in [2.45, 2.75) is 31.7 Å². The Morgan fingerprint density at radius 1 is 1.23 bits per heavy atom. The van der Waals surface area contributed by atoms with Gasteiger partial charge in [-0.25, -0.2) is 9.97 Å². The molecule has 0 radical (unpaired) electrons. The number of ether oxygens (including phenoxy) is 1. The molecule has 0 atom stereocenters. The molecule has 0 unspecified atom stereocenters. The second-order valence-electron chi connectivity index (χ2n) is 7.41. The Balaban J connectivity index is 1.64. The lowest BCUT2D eigenvalue weighted by Crippen LogP contribution is -2.31. The Labute approximate surface area is 152 Å². The molecule has 0 saturated heterocycles. The van der Waals surface area contributed by atoms with Crippen LogP contribution in [0.15, 0.2) is 30.7 Å². The van der Waals surface area contributed by atoms with Gasteiger partial charge >= 0.3 is 0 Å². The smallest absolute Gasteiger partial charge is 0.146 e. The summed E-state index contributed by atoms with van der Waals surface area (Å²) in [5, 5.41) is 0.945. The first-order valence-corrected chi connectivity index (χ1v) is 9.31. The van der Waals surface area contributed by atoms with Crippen LogP contribution < -0.4 is 16.2 Å². The molecule has 0 amide bonds. The summed E-state index contributed by atoms with van der Waals surface area (Å²) in [5.74, 6) is 2.14. The van der Waals surface area contributed by atoms with Crippen LogP contribution in [0.5, 0.6) is 5.75 Å². The van der Waals surface area contributed by atoms with E-state index in [1.165, 1.54) is 5.56 Å². The second-order valence-corrected chi connectivity index (χ2v) is 7.41. The van der Waals surface area contributed by atoms with E-state index in [4.69, 9.17) is 16.2 Å². The van der Waals surface area contributed by atoms with Crippen molar-refractivity contribution >= 4 is 16.9 Å². The Morgan fingerprint density at radius 3 is 2.96 bits per heavy atom. The number of nitrogen functional groups attached to an aromatic ring is 1. The van der Waals surface area contributed by atoms with Crippen LogP contribution in [0.4, 0.5) is 5.82 Å². The van der Waals surface area contributed by atoms with Crippen molar-refractivity contribution in [1.29, 1.82) is 0 Å². The summed E-state index contributed by atoms with van der Waals surface area (Å²) in [6.45, 7) is 1.56. The minimum atomic E-state index is 0.440. The Kier molecular flexibility index (Phi) is 3.60. The van der Waals surface area contributed by atoms with Gasteiger partial charge in [-0.3, -0.25) is 0 Å². The highest BCUT2D eigenvalue weighted by Crippen LogP contribution is 2.43. The van der Waals surface area contributed by atoms with Gasteiger partial charge in [0.15, 0.2) is 0 Å². The molecule has 6 nitrogen and oxygen atoms in total. The van der Waals surface area contributed by atoms with Crippen LogP contribution in [0.2, 0.25) is 0 Å². The topological polar surface area (TPSA) is 92.0 Å². The van der Waals surface area contributed by atoms with Crippen molar-refractivity contribution in [3.8, 4) is 16.9 Å². The monoisotopic (exact) mass is 349 g/mol. The Bertz CT molecular complexity index is 974. The highest BCUT2D eigenvalue weighted by atomic mass is 16.5. The van der Waals surface area contributed by atoms with Gasteiger partial charge in [-0.15, -0.1) is 0 Å². The van der Waals surface area contributed by atoms with E-state index < -0.39 is 0 Å². The molecule has 2 aromatic heterocycles. The van der Waals surface area contributed by atoms with Gasteiger partial charge in [0.2, 0.25) is 0 Å². The molecule has 1 fully saturated rings. The van der Waals surface area contributed by atoms with Crippen LogP contribution in [0.1, 0.15) is 30.9 Å². The first kappa shape index (κ1) is 15.6. The summed E-state index contributed by atoms with van der Waals surface area (Å²) in [5.41, 5.74) is 16.5. The fraction of sp³-hybridized carbons (Fsp3) is 0.400. The molecule has 2 aliphatic rings. The quantitative estimate of drug-likeness (QED) is 0.758. The molecular weight excluding hydrogens is 326 g/mol. The molecule has 3 heterocycles. The van der Waals surface area contributed by atoms with Crippen LogP contribution in [-0.4, -0.2) is 27.7 Å². The third kappa shape index (κ3) is 2.36. The van der Waals surface area contributed by atoms with Crippen molar-refractivity contribution in [1.82, 2.24) is 14.5 Å². The van der Waals surface area contributed by atoms with E-state index in [2.05, 4.69) is 38.9 Å². The zero-order valence-corrected chi connectivity index (χ0v) is 14.7. The largest absolute Gasteiger partial charge is 0.493 e. The average molecular weight is 349 g/mol. The molecule has 0 bridgehead atoms. The second kappa shape index (κ2) is 5.99. The lowest BCUT2D eigenvalue weighted by Gasteiger charge is -2.35. The summed E-state index contributed by atoms with van der Waals surface area (Å²) < 4.78 is 8.02. The van der Waals surface area contributed by atoms with Crippen LogP contribution in [0.3, 0.4) is 0 Å². The lowest BCUT2D eigenvalue weighted by atomic mass is 9.80. The maximum atomic E-state index is 6.25. The van der Waals surface area contributed by atoms with Gasteiger partial charge in [-0.2, -0.15) is 0 Å². The van der Waals surface area contributed by atoms with E-state index in [-0.39, 0.29) is 0 Å². The minimum absolute atomic E-state index is 0.440. The van der Waals surface area contributed by atoms with Crippen molar-refractivity contribution < 1.29 is 4.74 Å². The van der Waals surface area contributed by atoms with Gasteiger partial charge in [0, 0.05) is 17.8 Å². The molecule has 1 saturated carbocycles. The highest BCUT2D eigenvalue weighted by Gasteiger charge is 2.31. The maximum Gasteiger partial charge on any atom is 0.146 e. The zero-order chi connectivity index (χ0) is 17.7. The zero-order valence-electron chi connectivity index (χ0n) is 14.7. The number of benzene rings is 1. The van der Waals surface area contributed by atoms with Crippen LogP contribution in [0, 0.1) is 5.92 Å². The van der Waals surface area contributed by atoms with Gasteiger partial charge in [0.1, 0.15) is 23.5 Å². The molecule has 6 heteroatoms. The maximum absolute atomic E-state index is 6.25. The van der Waals surface area contributed by atoms with Crippen LogP contribution in [0.25, 0.3) is 22.2 Å². The Morgan fingerprint density at radius 2 is 2.12 bits per heavy atom. The van der Waals surface area contributed by atoms with E-state index in [0.717, 1.165) is 66.7 Å². The van der Waals surface area contributed by atoms with Crippen molar-refractivity contribution in [2.75, 3.05) is 18.9 Å². The van der Waals surface area contributed by atoms with E-state index in [1.54, 1.807) is 6.33 Å². The van der Waals surface area contributed by atoms with Crippen molar-refractivity contribution in [2.24, 2.45) is 11.7 Å². The van der Waals surface area contributed by atoms with E-state index in [1.807, 2.05) is 0 Å². The number of fused-ring (bicyclic) bond motifs is 2. The number of hydrogen-bond donors (Lipinski definition) is 2. The summed E-state index contributed by atoms with van der Waals surface area (Å²) in [6.07, 6.45) is 8.06. The van der Waals surface area contributed by atoms with Gasteiger partial charge < -0.3 is 20.8 Å². The molecule has 0 spiro atoms. The SMILES string of the molecule is NCC1CC(n2cc(-c3ccc4c(c3)CCCO4)c3c(N)ncnc32)C1. The number of rotatable bonds is 3. The number of aromatic nitrogens is 3. The van der Waals surface area contributed by atoms with Crippen LogP contribution >= 0.6 is 0 Å². The first-order valence-electron chi connectivity index (χ1n) is 9.31. The molecule has 5 rings (SSSR count). The third-order valence-electron chi connectivity index (χ3n) is 5.80. The summed E-state index contributed by atoms with van der Waals surface area (Å²) in [7, 11) is 0. The molecule has 26 heavy (non-hydrogen) atoms. The third-order valence-corrected chi connectivity index (χ3v) is 5.80. The fourth-order valence-electron chi connectivity index (χ4n) is 4.25. The first-order chi connectivity index (χ1) is 12.7. The lowest BCUT2D eigenvalue weighted by molar-refractivity contribution is 0.209. The summed E-state index contributed by atoms with van der Waals surface area (Å²) in [4.78, 5) is 8.78.